The number of benzene rings is 2. The van der Waals surface area contributed by atoms with Gasteiger partial charge in [0.2, 0.25) is 0 Å². The van der Waals surface area contributed by atoms with Gasteiger partial charge in [-0.1, -0.05) is 17.7 Å². The second kappa shape index (κ2) is 8.42. The van der Waals surface area contributed by atoms with Gasteiger partial charge in [0.05, 0.1) is 36.1 Å². The lowest BCUT2D eigenvalue weighted by Gasteiger charge is -2.15. The van der Waals surface area contributed by atoms with Crippen LogP contribution in [-0.4, -0.2) is 31.2 Å². The summed E-state index contributed by atoms with van der Waals surface area (Å²) in [4.78, 5) is 13.3. The summed E-state index contributed by atoms with van der Waals surface area (Å²) in [5, 5.41) is 9.69. The molecule has 0 fully saturated rings. The fraction of sp³-hybridized carbons (Fsp3) is 0.174. The summed E-state index contributed by atoms with van der Waals surface area (Å²) in [6, 6.07) is 15.4. The van der Waals surface area contributed by atoms with Crippen LogP contribution in [0.1, 0.15) is 18.5 Å². The first-order valence-corrected chi connectivity index (χ1v) is 9.56. The smallest absolute Gasteiger partial charge is 0.322 e. The monoisotopic (exact) mass is 404 g/mol. The molecule has 0 saturated heterocycles. The molecule has 1 N–H and O–H groups in total. The second-order valence-electron chi connectivity index (χ2n) is 7.03. The molecule has 2 aromatic carbocycles. The Morgan fingerprint density at radius 3 is 2.47 bits per heavy atom. The van der Waals surface area contributed by atoms with E-state index >= 15 is 0 Å². The number of ether oxygens (including phenoxy) is 1. The molecule has 6 nitrogen and oxygen atoms in total. The van der Waals surface area contributed by atoms with Crippen molar-refractivity contribution < 1.29 is 14.2 Å². The van der Waals surface area contributed by atoms with Crippen LogP contribution in [0.25, 0.3) is 22.6 Å². The van der Waals surface area contributed by atoms with E-state index < -0.39 is 0 Å². The lowest BCUT2D eigenvalue weighted by molar-refractivity contribution is 0.239. The van der Waals surface area contributed by atoms with Gasteiger partial charge < -0.3 is 14.4 Å². The SMILES string of the molecule is Cc1ccc(Oc2nccc(-c3c(-c4ccc(F)cc4)ncn3[C@@H](C)CO)n2)cc1. The molecule has 2 aromatic heterocycles. The zero-order valence-corrected chi connectivity index (χ0v) is 16.7. The Morgan fingerprint density at radius 2 is 1.77 bits per heavy atom. The molecule has 30 heavy (non-hydrogen) atoms. The van der Waals surface area contributed by atoms with Gasteiger partial charge in [0.1, 0.15) is 11.6 Å². The van der Waals surface area contributed by atoms with E-state index in [1.54, 1.807) is 30.7 Å². The summed E-state index contributed by atoms with van der Waals surface area (Å²) in [6.07, 6.45) is 3.26. The lowest BCUT2D eigenvalue weighted by Crippen LogP contribution is -2.10. The normalized spacial score (nSPS) is 12.0. The predicted molar refractivity (Wildman–Crippen MR) is 112 cm³/mol. The molecule has 0 aliphatic heterocycles. The first kappa shape index (κ1) is 19.7. The maximum absolute atomic E-state index is 13.4. The van der Waals surface area contributed by atoms with E-state index in [1.165, 1.54) is 12.1 Å². The molecule has 152 valence electrons. The van der Waals surface area contributed by atoms with Crippen LogP contribution in [0.3, 0.4) is 0 Å². The second-order valence-corrected chi connectivity index (χ2v) is 7.03. The van der Waals surface area contributed by atoms with Gasteiger partial charge in [-0.15, -0.1) is 0 Å². The van der Waals surface area contributed by atoms with E-state index in [9.17, 15) is 9.50 Å². The van der Waals surface area contributed by atoms with Gasteiger partial charge in [0.15, 0.2) is 0 Å². The molecule has 1 atom stereocenters. The van der Waals surface area contributed by atoms with Crippen molar-refractivity contribution in [2.75, 3.05) is 6.61 Å². The van der Waals surface area contributed by atoms with Crippen molar-refractivity contribution in [3.05, 3.63) is 78.5 Å². The van der Waals surface area contributed by atoms with Crippen LogP contribution in [0.15, 0.2) is 67.1 Å². The summed E-state index contributed by atoms with van der Waals surface area (Å²) in [5.74, 6) is 0.313. The first-order chi connectivity index (χ1) is 14.5. The minimum atomic E-state index is -0.320. The highest BCUT2D eigenvalue weighted by Gasteiger charge is 2.20. The Morgan fingerprint density at radius 1 is 1.03 bits per heavy atom. The number of rotatable bonds is 6. The molecular formula is C23H21FN4O2. The molecular weight excluding hydrogens is 383 g/mol. The maximum atomic E-state index is 13.4. The molecule has 0 saturated carbocycles. The largest absolute Gasteiger partial charge is 0.424 e. The van der Waals surface area contributed by atoms with Gasteiger partial charge in [-0.2, -0.15) is 4.98 Å². The third-order valence-corrected chi connectivity index (χ3v) is 4.76. The van der Waals surface area contributed by atoms with E-state index in [2.05, 4.69) is 15.0 Å². The fourth-order valence-corrected chi connectivity index (χ4v) is 3.09. The van der Waals surface area contributed by atoms with Crippen molar-refractivity contribution in [1.82, 2.24) is 19.5 Å². The topological polar surface area (TPSA) is 73.1 Å². The molecule has 0 bridgehead atoms. The molecule has 4 rings (SSSR count). The van der Waals surface area contributed by atoms with Crippen LogP contribution < -0.4 is 4.74 Å². The van der Waals surface area contributed by atoms with Crippen molar-refractivity contribution in [1.29, 1.82) is 0 Å². The fourth-order valence-electron chi connectivity index (χ4n) is 3.09. The number of aliphatic hydroxyl groups excluding tert-OH is 1. The van der Waals surface area contributed by atoms with Crippen LogP contribution in [0, 0.1) is 12.7 Å². The molecule has 4 aromatic rings. The number of imidazole rings is 1. The van der Waals surface area contributed by atoms with Crippen molar-refractivity contribution in [2.24, 2.45) is 0 Å². The zero-order chi connectivity index (χ0) is 21.1. The van der Waals surface area contributed by atoms with Gasteiger partial charge >= 0.3 is 6.01 Å². The van der Waals surface area contributed by atoms with Crippen molar-refractivity contribution in [3.63, 3.8) is 0 Å². The molecule has 0 radical (unpaired) electrons. The van der Waals surface area contributed by atoms with Gasteiger partial charge in [-0.3, -0.25) is 0 Å². The number of nitrogens with zero attached hydrogens (tertiary/aromatic N) is 4. The molecule has 0 aliphatic carbocycles. The standard InChI is InChI=1S/C23H21FN4O2/c1-15-3-9-19(10-4-15)30-23-25-12-11-20(27-23)22-21(17-5-7-18(24)8-6-17)26-14-28(22)16(2)13-29/h3-12,14,16,29H,13H2,1-2H3/t16-/m0/s1. The van der Waals surface area contributed by atoms with Gasteiger partial charge in [-0.05, 0) is 56.3 Å². The Labute approximate surface area is 173 Å². The van der Waals surface area contributed by atoms with E-state index in [0.717, 1.165) is 11.1 Å². The Kier molecular flexibility index (Phi) is 5.54. The van der Waals surface area contributed by atoms with Gasteiger partial charge in [-0.25, -0.2) is 14.4 Å². The van der Waals surface area contributed by atoms with Gasteiger partial charge in [0, 0.05) is 11.8 Å². The predicted octanol–water partition coefficient (Wildman–Crippen LogP) is 4.80. The minimum absolute atomic E-state index is 0.0655. The zero-order valence-electron chi connectivity index (χ0n) is 16.7. The number of aryl methyl sites for hydroxylation is 1. The Hall–Kier alpha value is -3.58. The highest BCUT2D eigenvalue weighted by Crippen LogP contribution is 2.33. The lowest BCUT2D eigenvalue weighted by atomic mass is 10.1. The number of hydrogen-bond donors (Lipinski definition) is 1. The number of hydrogen-bond acceptors (Lipinski definition) is 5. The molecule has 0 spiro atoms. The summed E-state index contributed by atoms with van der Waals surface area (Å²) >= 11 is 0. The summed E-state index contributed by atoms with van der Waals surface area (Å²) < 4.78 is 21.1. The van der Waals surface area contributed by atoms with Crippen molar-refractivity contribution in [3.8, 4) is 34.4 Å². The van der Waals surface area contributed by atoms with E-state index in [-0.39, 0.29) is 24.5 Å². The average Bonchev–Trinajstić information content (AvgIpc) is 3.21. The van der Waals surface area contributed by atoms with E-state index in [0.29, 0.717) is 22.8 Å². The third-order valence-electron chi connectivity index (χ3n) is 4.76. The maximum Gasteiger partial charge on any atom is 0.322 e. The minimum Gasteiger partial charge on any atom is -0.424 e. The van der Waals surface area contributed by atoms with Crippen LogP contribution in [0.4, 0.5) is 4.39 Å². The van der Waals surface area contributed by atoms with Crippen LogP contribution >= 0.6 is 0 Å². The summed E-state index contributed by atoms with van der Waals surface area (Å²) in [7, 11) is 0. The highest BCUT2D eigenvalue weighted by atomic mass is 19.1. The Bertz CT molecular complexity index is 1140. The Balaban J connectivity index is 1.77. The number of halogens is 1. The van der Waals surface area contributed by atoms with Crippen molar-refractivity contribution in [2.45, 2.75) is 19.9 Å². The molecule has 2 heterocycles. The molecule has 0 aliphatic rings. The molecule has 0 amide bonds. The average molecular weight is 404 g/mol. The van der Waals surface area contributed by atoms with Crippen LogP contribution in [-0.2, 0) is 0 Å². The molecule has 7 heteroatoms. The first-order valence-electron chi connectivity index (χ1n) is 9.56. The number of aliphatic hydroxyl groups is 1. The highest BCUT2D eigenvalue weighted by molar-refractivity contribution is 5.77. The van der Waals surface area contributed by atoms with Crippen molar-refractivity contribution >= 4 is 0 Å². The summed E-state index contributed by atoms with van der Waals surface area (Å²) in [6.45, 7) is 3.82. The van der Waals surface area contributed by atoms with Crippen LogP contribution in [0.2, 0.25) is 0 Å². The van der Waals surface area contributed by atoms with E-state index in [4.69, 9.17) is 4.74 Å². The number of aromatic nitrogens is 4. The summed E-state index contributed by atoms with van der Waals surface area (Å²) in [5.41, 5.74) is 3.79. The third kappa shape index (κ3) is 4.06. The quantitative estimate of drug-likeness (QED) is 0.500. The molecule has 0 unspecified atom stereocenters. The van der Waals surface area contributed by atoms with Crippen LogP contribution in [0.5, 0.6) is 11.8 Å². The van der Waals surface area contributed by atoms with E-state index in [1.807, 2.05) is 42.7 Å². The van der Waals surface area contributed by atoms with Gasteiger partial charge in [0.25, 0.3) is 0 Å².